The molecule has 0 saturated heterocycles. The summed E-state index contributed by atoms with van der Waals surface area (Å²) in [4.78, 5) is 10.3. The molecule has 0 aliphatic heterocycles. The highest BCUT2D eigenvalue weighted by atomic mass is 32.1. The average Bonchev–Trinajstić information content (AvgIpc) is 2.22. The first-order chi connectivity index (χ1) is 6.39. The number of hydrogen-bond acceptors (Lipinski definition) is 3. The molecule has 2 heterocycles. The molecule has 2 aromatic heterocycles. The van der Waals surface area contributed by atoms with Crippen LogP contribution in [0.4, 0.5) is 0 Å². The summed E-state index contributed by atoms with van der Waals surface area (Å²) < 4.78 is 0.530. The molecule has 0 fully saturated rings. The lowest BCUT2D eigenvalue weighted by Gasteiger charge is -1.75. The van der Waals surface area contributed by atoms with Crippen LogP contribution in [0.25, 0.3) is 0 Å². The number of hydrogen-bond donors (Lipinski definition) is 1. The molecule has 0 spiro atoms. The lowest BCUT2D eigenvalue weighted by atomic mass is 10.5. The molecule has 13 heavy (non-hydrogen) atoms. The zero-order chi connectivity index (χ0) is 9.36. The third-order valence-corrected chi connectivity index (χ3v) is 1.37. The van der Waals surface area contributed by atoms with Gasteiger partial charge in [-0.25, -0.2) is 4.98 Å². The van der Waals surface area contributed by atoms with Crippen molar-refractivity contribution in [1.82, 2.24) is 15.0 Å². The monoisotopic (exact) mass is 191 g/mol. The summed E-state index contributed by atoms with van der Waals surface area (Å²) in [5, 5.41) is 0. The highest BCUT2D eigenvalue weighted by Gasteiger charge is 1.66. The smallest absolute Gasteiger partial charge is 0.196 e. The summed E-state index contributed by atoms with van der Waals surface area (Å²) in [6.07, 6.45) is 6.90. The van der Waals surface area contributed by atoms with Crippen LogP contribution in [-0.2, 0) is 0 Å². The van der Waals surface area contributed by atoms with Gasteiger partial charge in [-0.3, -0.25) is 4.98 Å². The van der Waals surface area contributed by atoms with Crippen molar-refractivity contribution in [3.8, 4) is 0 Å². The molecule has 0 aliphatic rings. The minimum absolute atomic E-state index is 0.530. The van der Waals surface area contributed by atoms with E-state index in [1.807, 2.05) is 18.2 Å². The van der Waals surface area contributed by atoms with Crippen LogP contribution in [0.1, 0.15) is 0 Å². The molecule has 4 heteroatoms. The lowest BCUT2D eigenvalue weighted by Crippen LogP contribution is -1.72. The summed E-state index contributed by atoms with van der Waals surface area (Å²) >= 11 is 4.65. The van der Waals surface area contributed by atoms with Gasteiger partial charge in [0.1, 0.15) is 0 Å². The van der Waals surface area contributed by atoms with Gasteiger partial charge in [-0.05, 0) is 30.4 Å². The van der Waals surface area contributed by atoms with Crippen LogP contribution in [0.2, 0.25) is 0 Å². The maximum absolute atomic E-state index is 4.65. The van der Waals surface area contributed by atoms with Crippen molar-refractivity contribution in [3.63, 3.8) is 0 Å². The van der Waals surface area contributed by atoms with Crippen molar-refractivity contribution >= 4 is 12.2 Å². The Kier molecular flexibility index (Phi) is 4.42. The van der Waals surface area contributed by atoms with Gasteiger partial charge in [0.15, 0.2) is 4.77 Å². The predicted octanol–water partition coefficient (Wildman–Crippen LogP) is 2.22. The second-order valence-electron chi connectivity index (χ2n) is 2.11. The number of pyridine rings is 1. The van der Waals surface area contributed by atoms with E-state index in [2.05, 4.69) is 27.2 Å². The summed E-state index contributed by atoms with van der Waals surface area (Å²) in [6, 6.07) is 7.50. The van der Waals surface area contributed by atoms with E-state index in [1.165, 1.54) is 0 Å². The number of aromatic nitrogens is 3. The van der Waals surface area contributed by atoms with E-state index in [1.54, 1.807) is 30.9 Å². The van der Waals surface area contributed by atoms with Crippen molar-refractivity contribution in [2.75, 3.05) is 0 Å². The van der Waals surface area contributed by atoms with Crippen LogP contribution in [-0.4, -0.2) is 15.0 Å². The lowest BCUT2D eigenvalue weighted by molar-refractivity contribution is 1.13. The predicted molar refractivity (Wildman–Crippen MR) is 53.7 cm³/mol. The molecule has 3 nitrogen and oxygen atoms in total. The van der Waals surface area contributed by atoms with Gasteiger partial charge in [0.25, 0.3) is 0 Å². The maximum Gasteiger partial charge on any atom is 0.196 e. The minimum Gasteiger partial charge on any atom is -0.337 e. The molecule has 2 rings (SSSR count). The first-order valence-corrected chi connectivity index (χ1v) is 4.15. The third-order valence-electron chi connectivity index (χ3n) is 1.15. The SMILES string of the molecule is S=c1nccc[nH]1.c1ccncc1. The van der Waals surface area contributed by atoms with Gasteiger partial charge in [0, 0.05) is 24.8 Å². The quantitative estimate of drug-likeness (QED) is 0.649. The van der Waals surface area contributed by atoms with Gasteiger partial charge in [0.2, 0.25) is 0 Å². The van der Waals surface area contributed by atoms with Crippen molar-refractivity contribution in [3.05, 3.63) is 53.8 Å². The summed E-state index contributed by atoms with van der Waals surface area (Å²) in [5.41, 5.74) is 0. The van der Waals surface area contributed by atoms with Gasteiger partial charge in [-0.1, -0.05) is 6.07 Å². The second-order valence-corrected chi connectivity index (χ2v) is 2.50. The molecule has 0 aromatic carbocycles. The Morgan fingerprint density at radius 2 is 1.77 bits per heavy atom. The summed E-state index contributed by atoms with van der Waals surface area (Å²) in [5.74, 6) is 0. The number of rotatable bonds is 0. The van der Waals surface area contributed by atoms with Gasteiger partial charge in [-0.15, -0.1) is 0 Å². The zero-order valence-corrected chi connectivity index (χ0v) is 7.74. The molecule has 66 valence electrons. The molecule has 0 aliphatic carbocycles. The standard InChI is InChI=1S/C5H5N.C4H4N2S/c1-2-4-6-5-3-1;7-4-5-2-1-3-6-4/h1-5H;1-3H,(H,5,6,7). The zero-order valence-electron chi connectivity index (χ0n) is 6.92. The van der Waals surface area contributed by atoms with E-state index in [9.17, 15) is 0 Å². The topological polar surface area (TPSA) is 41.6 Å². The Hall–Kier alpha value is -1.55. The maximum atomic E-state index is 4.65. The summed E-state index contributed by atoms with van der Waals surface area (Å²) in [7, 11) is 0. The van der Waals surface area contributed by atoms with Gasteiger partial charge < -0.3 is 4.98 Å². The van der Waals surface area contributed by atoms with E-state index in [4.69, 9.17) is 0 Å². The molecule has 0 bridgehead atoms. The normalized spacial score (nSPS) is 8.31. The Labute approximate surface area is 81.5 Å². The van der Waals surface area contributed by atoms with Crippen molar-refractivity contribution in [2.45, 2.75) is 0 Å². The third kappa shape index (κ3) is 4.81. The fourth-order valence-electron chi connectivity index (χ4n) is 0.623. The molecule has 0 unspecified atom stereocenters. The van der Waals surface area contributed by atoms with Crippen molar-refractivity contribution in [2.24, 2.45) is 0 Å². The van der Waals surface area contributed by atoms with Gasteiger partial charge in [0.05, 0.1) is 0 Å². The molecule has 0 atom stereocenters. The van der Waals surface area contributed by atoms with Crippen LogP contribution >= 0.6 is 12.2 Å². The van der Waals surface area contributed by atoms with E-state index in [0.717, 1.165) is 0 Å². The number of nitrogens with zero attached hydrogens (tertiary/aromatic N) is 2. The Morgan fingerprint density at radius 3 is 2.00 bits per heavy atom. The van der Waals surface area contributed by atoms with E-state index in [-0.39, 0.29) is 0 Å². The fourth-order valence-corrected chi connectivity index (χ4v) is 0.752. The second kappa shape index (κ2) is 6.02. The number of aromatic amines is 1. The largest absolute Gasteiger partial charge is 0.337 e. The van der Waals surface area contributed by atoms with Crippen LogP contribution < -0.4 is 0 Å². The molecular weight excluding hydrogens is 182 g/mol. The Bertz CT molecular complexity index is 328. The van der Waals surface area contributed by atoms with Crippen LogP contribution in [0.3, 0.4) is 0 Å². The van der Waals surface area contributed by atoms with Crippen LogP contribution in [0.5, 0.6) is 0 Å². The molecule has 1 N–H and O–H groups in total. The van der Waals surface area contributed by atoms with Crippen LogP contribution in [0.15, 0.2) is 49.1 Å². The molecule has 0 amide bonds. The average molecular weight is 191 g/mol. The number of H-pyrrole nitrogens is 1. The molecular formula is C9H9N3S. The highest BCUT2D eigenvalue weighted by molar-refractivity contribution is 7.71. The fraction of sp³-hybridized carbons (Fsp3) is 0. The van der Waals surface area contributed by atoms with E-state index in [0.29, 0.717) is 4.77 Å². The molecule has 0 radical (unpaired) electrons. The highest BCUT2D eigenvalue weighted by Crippen LogP contribution is 1.74. The number of nitrogens with one attached hydrogen (secondary N) is 1. The van der Waals surface area contributed by atoms with Gasteiger partial charge >= 0.3 is 0 Å². The van der Waals surface area contributed by atoms with Crippen molar-refractivity contribution in [1.29, 1.82) is 0 Å². The Balaban J connectivity index is 0.000000132. The Morgan fingerprint density at radius 1 is 1.00 bits per heavy atom. The van der Waals surface area contributed by atoms with E-state index >= 15 is 0 Å². The minimum atomic E-state index is 0.530. The van der Waals surface area contributed by atoms with Gasteiger partial charge in [-0.2, -0.15) is 0 Å². The first-order valence-electron chi connectivity index (χ1n) is 3.74. The van der Waals surface area contributed by atoms with Crippen LogP contribution in [0, 0.1) is 4.77 Å². The van der Waals surface area contributed by atoms with E-state index < -0.39 is 0 Å². The molecule has 0 saturated carbocycles. The summed E-state index contributed by atoms with van der Waals surface area (Å²) in [6.45, 7) is 0. The first kappa shape index (κ1) is 9.54. The van der Waals surface area contributed by atoms with Crippen molar-refractivity contribution < 1.29 is 0 Å². The molecule has 2 aromatic rings.